The van der Waals surface area contributed by atoms with Gasteiger partial charge in [-0.3, -0.25) is 4.79 Å². The van der Waals surface area contributed by atoms with E-state index in [2.05, 4.69) is 14.9 Å². The van der Waals surface area contributed by atoms with Gasteiger partial charge in [0.1, 0.15) is 6.04 Å². The fourth-order valence-corrected chi connectivity index (χ4v) is 3.54. The van der Waals surface area contributed by atoms with Crippen LogP contribution < -0.4 is 4.72 Å². The van der Waals surface area contributed by atoms with Crippen LogP contribution >= 0.6 is 0 Å². The highest BCUT2D eigenvalue weighted by Gasteiger charge is 2.36. The monoisotopic (exact) mass is 304 g/mol. The Kier molecular flexibility index (Phi) is 4.68. The predicted octanol–water partition coefficient (Wildman–Crippen LogP) is -0.614. The molecule has 0 saturated carbocycles. The maximum Gasteiger partial charge on any atom is 0.322 e. The van der Waals surface area contributed by atoms with Crippen molar-refractivity contribution in [1.82, 2.24) is 19.2 Å². The van der Waals surface area contributed by atoms with Crippen molar-refractivity contribution in [3.05, 3.63) is 12.2 Å². The number of rotatable bonds is 6. The van der Waals surface area contributed by atoms with Crippen LogP contribution in [0.3, 0.4) is 0 Å². The second-order valence-electron chi connectivity index (χ2n) is 4.44. The second kappa shape index (κ2) is 6.29. The summed E-state index contributed by atoms with van der Waals surface area (Å²) in [7, 11) is -3.82. The van der Waals surface area contributed by atoms with Gasteiger partial charge in [0.25, 0.3) is 10.2 Å². The zero-order valence-corrected chi connectivity index (χ0v) is 11.5. The number of carbonyl (C=O) groups is 1. The molecule has 1 aromatic rings. The van der Waals surface area contributed by atoms with E-state index in [0.717, 1.165) is 4.31 Å². The highest BCUT2D eigenvalue weighted by molar-refractivity contribution is 7.87. The molecule has 1 aliphatic heterocycles. The summed E-state index contributed by atoms with van der Waals surface area (Å²) in [6.45, 7) is 0.292. The lowest BCUT2D eigenvalue weighted by atomic mass is 10.1. The lowest BCUT2D eigenvalue weighted by molar-refractivity contribution is -0.142. The van der Waals surface area contributed by atoms with Crippen molar-refractivity contribution < 1.29 is 22.8 Å². The average Bonchev–Trinajstić information content (AvgIpc) is 2.91. The number of carboxylic acids is 1. The van der Waals surface area contributed by atoms with Crippen LogP contribution in [-0.4, -0.2) is 53.1 Å². The third kappa shape index (κ3) is 3.52. The summed E-state index contributed by atoms with van der Waals surface area (Å²) in [6, 6.07) is -0.996. The van der Waals surface area contributed by atoms with Crippen LogP contribution in [0.1, 0.15) is 25.2 Å². The van der Waals surface area contributed by atoms with Crippen LogP contribution in [0.4, 0.5) is 0 Å². The van der Waals surface area contributed by atoms with E-state index in [-0.39, 0.29) is 19.5 Å². The standard InChI is InChI=1S/C10H16N4O5S/c15-10(16)8-3-1-2-6-14(8)20(17,18)13-5-4-9-11-7-12-19-9/h7-8,13H,1-6H2,(H,15,16). The van der Waals surface area contributed by atoms with E-state index >= 15 is 0 Å². The van der Waals surface area contributed by atoms with Crippen LogP contribution in [0, 0.1) is 0 Å². The van der Waals surface area contributed by atoms with Crippen molar-refractivity contribution in [1.29, 1.82) is 0 Å². The van der Waals surface area contributed by atoms with Crippen LogP contribution in [-0.2, 0) is 21.4 Å². The molecular formula is C10H16N4O5S. The van der Waals surface area contributed by atoms with Crippen LogP contribution in [0.15, 0.2) is 10.9 Å². The van der Waals surface area contributed by atoms with Gasteiger partial charge >= 0.3 is 5.97 Å². The Balaban J connectivity index is 1.95. The molecule has 0 spiro atoms. The molecule has 0 aromatic carbocycles. The summed E-state index contributed by atoms with van der Waals surface area (Å²) < 4.78 is 32.3. The molecule has 0 bridgehead atoms. The predicted molar refractivity (Wildman–Crippen MR) is 66.9 cm³/mol. The number of nitrogens with zero attached hydrogens (tertiary/aromatic N) is 3. The van der Waals surface area contributed by atoms with Gasteiger partial charge in [-0.05, 0) is 19.3 Å². The number of carboxylic acid groups (broad SMARTS) is 1. The molecule has 9 nitrogen and oxygen atoms in total. The summed E-state index contributed by atoms with van der Waals surface area (Å²) in [6.07, 6.45) is 3.19. The largest absolute Gasteiger partial charge is 0.480 e. The molecular weight excluding hydrogens is 288 g/mol. The van der Waals surface area contributed by atoms with E-state index in [1.165, 1.54) is 6.33 Å². The van der Waals surface area contributed by atoms with Gasteiger partial charge in [0, 0.05) is 19.5 Å². The molecule has 1 fully saturated rings. The molecule has 1 atom stereocenters. The molecule has 1 saturated heterocycles. The number of nitrogens with one attached hydrogen (secondary N) is 1. The Morgan fingerprint density at radius 1 is 1.55 bits per heavy atom. The normalized spacial score (nSPS) is 20.9. The van der Waals surface area contributed by atoms with E-state index in [1.54, 1.807) is 0 Å². The highest BCUT2D eigenvalue weighted by Crippen LogP contribution is 2.19. The molecule has 112 valence electrons. The fraction of sp³-hybridized carbons (Fsp3) is 0.700. The molecule has 0 amide bonds. The Hall–Kier alpha value is -1.52. The van der Waals surface area contributed by atoms with Gasteiger partial charge in [0.15, 0.2) is 6.33 Å². The molecule has 2 heterocycles. The quantitative estimate of drug-likeness (QED) is 0.717. The maximum atomic E-state index is 12.1. The molecule has 1 aliphatic rings. The van der Waals surface area contributed by atoms with Gasteiger partial charge in [-0.1, -0.05) is 5.16 Å². The summed E-state index contributed by atoms with van der Waals surface area (Å²) in [4.78, 5) is 14.9. The van der Waals surface area contributed by atoms with Crippen molar-refractivity contribution >= 4 is 16.2 Å². The summed E-state index contributed by atoms with van der Waals surface area (Å²) >= 11 is 0. The zero-order valence-electron chi connectivity index (χ0n) is 10.7. The third-order valence-corrected chi connectivity index (χ3v) is 4.70. The molecule has 2 rings (SSSR count). The molecule has 2 N–H and O–H groups in total. The van der Waals surface area contributed by atoms with Crippen molar-refractivity contribution in [2.75, 3.05) is 13.1 Å². The van der Waals surface area contributed by atoms with Gasteiger partial charge in [0.05, 0.1) is 0 Å². The Bertz CT molecular complexity index is 544. The molecule has 10 heteroatoms. The minimum atomic E-state index is -3.82. The topological polar surface area (TPSA) is 126 Å². The number of aliphatic carboxylic acids is 1. The Morgan fingerprint density at radius 2 is 2.35 bits per heavy atom. The molecule has 1 unspecified atom stereocenters. The SMILES string of the molecule is O=C(O)C1CCCCN1S(=O)(=O)NCCc1ncno1. The minimum absolute atomic E-state index is 0.0768. The minimum Gasteiger partial charge on any atom is -0.480 e. The Labute approximate surface area is 116 Å². The molecule has 1 aromatic heterocycles. The van der Waals surface area contributed by atoms with Crippen molar-refractivity contribution in [2.24, 2.45) is 0 Å². The number of hydrogen-bond acceptors (Lipinski definition) is 6. The first-order valence-electron chi connectivity index (χ1n) is 6.25. The lowest BCUT2D eigenvalue weighted by Crippen LogP contribution is -2.52. The first-order chi connectivity index (χ1) is 9.50. The van der Waals surface area contributed by atoms with E-state index < -0.39 is 22.2 Å². The van der Waals surface area contributed by atoms with Crippen LogP contribution in [0.25, 0.3) is 0 Å². The van der Waals surface area contributed by atoms with Crippen LogP contribution in [0.5, 0.6) is 0 Å². The Morgan fingerprint density at radius 3 is 3.00 bits per heavy atom. The number of hydrogen-bond donors (Lipinski definition) is 2. The first-order valence-corrected chi connectivity index (χ1v) is 7.69. The maximum absolute atomic E-state index is 12.1. The summed E-state index contributed by atoms with van der Waals surface area (Å²) in [5.74, 6) is -0.798. The lowest BCUT2D eigenvalue weighted by Gasteiger charge is -2.31. The summed E-state index contributed by atoms with van der Waals surface area (Å²) in [5, 5.41) is 12.5. The van der Waals surface area contributed by atoms with E-state index in [4.69, 9.17) is 9.63 Å². The van der Waals surface area contributed by atoms with Crippen molar-refractivity contribution in [3.8, 4) is 0 Å². The van der Waals surface area contributed by atoms with E-state index in [1.807, 2.05) is 0 Å². The summed E-state index contributed by atoms with van der Waals surface area (Å²) in [5.41, 5.74) is 0. The number of aromatic nitrogens is 2. The number of piperidine rings is 1. The van der Waals surface area contributed by atoms with Crippen LogP contribution in [0.2, 0.25) is 0 Å². The molecule has 0 radical (unpaired) electrons. The average molecular weight is 304 g/mol. The smallest absolute Gasteiger partial charge is 0.322 e. The molecule has 20 heavy (non-hydrogen) atoms. The van der Waals surface area contributed by atoms with E-state index in [9.17, 15) is 13.2 Å². The zero-order chi connectivity index (χ0) is 14.6. The highest BCUT2D eigenvalue weighted by atomic mass is 32.2. The van der Waals surface area contributed by atoms with Gasteiger partial charge < -0.3 is 9.63 Å². The van der Waals surface area contributed by atoms with Gasteiger partial charge in [0.2, 0.25) is 5.89 Å². The van der Waals surface area contributed by atoms with Crippen molar-refractivity contribution in [2.45, 2.75) is 31.7 Å². The van der Waals surface area contributed by atoms with Gasteiger partial charge in [-0.25, -0.2) is 4.72 Å². The second-order valence-corrected chi connectivity index (χ2v) is 6.15. The third-order valence-electron chi connectivity index (χ3n) is 3.08. The van der Waals surface area contributed by atoms with Crippen molar-refractivity contribution in [3.63, 3.8) is 0 Å². The van der Waals surface area contributed by atoms with Gasteiger partial charge in [-0.15, -0.1) is 0 Å². The first kappa shape index (κ1) is 14.9. The fourth-order valence-electron chi connectivity index (χ4n) is 2.12. The van der Waals surface area contributed by atoms with Gasteiger partial charge in [-0.2, -0.15) is 17.7 Å². The van der Waals surface area contributed by atoms with E-state index in [0.29, 0.717) is 25.2 Å². The molecule has 0 aliphatic carbocycles.